The Kier molecular flexibility index (Phi) is 5.40. The highest BCUT2D eigenvalue weighted by atomic mass is 32.5. The van der Waals surface area contributed by atoms with Crippen LogP contribution in [0.3, 0.4) is 0 Å². The molecule has 0 bridgehead atoms. The lowest BCUT2D eigenvalue weighted by Gasteiger charge is -2.23. The van der Waals surface area contributed by atoms with Crippen molar-refractivity contribution in [3.8, 4) is 11.5 Å². The van der Waals surface area contributed by atoms with Crippen molar-refractivity contribution < 1.29 is 13.6 Å². The van der Waals surface area contributed by atoms with Crippen molar-refractivity contribution >= 4 is 18.5 Å². The van der Waals surface area contributed by atoms with Gasteiger partial charge in [-0.1, -0.05) is 36.4 Å². The molecule has 0 heterocycles. The maximum Gasteiger partial charge on any atom is 0.434 e. The van der Waals surface area contributed by atoms with Gasteiger partial charge < -0.3 is 9.05 Å². The van der Waals surface area contributed by atoms with Gasteiger partial charge in [-0.3, -0.25) is 4.52 Å². The highest BCUT2D eigenvalue weighted by Crippen LogP contribution is 2.50. The average molecular weight is 322 g/mol. The van der Waals surface area contributed by atoms with E-state index in [4.69, 9.17) is 25.4 Å². The van der Waals surface area contributed by atoms with Gasteiger partial charge in [-0.25, -0.2) is 0 Å². The van der Waals surface area contributed by atoms with Crippen LogP contribution in [0.1, 0.15) is 18.1 Å². The van der Waals surface area contributed by atoms with E-state index in [9.17, 15) is 0 Å². The predicted octanol–water partition coefficient (Wildman–Crippen LogP) is 5.02. The number of benzene rings is 2. The standard InChI is InChI=1S/C16H19O3PS/c1-4-17-20(21,18-15-11-7-5-9-13(15)2)19-16-12-8-6-10-14(16)3/h5-12H,4H2,1-3H3. The minimum absolute atomic E-state index is 0.440. The fourth-order valence-electron chi connectivity index (χ4n) is 1.79. The number of rotatable bonds is 6. The quantitative estimate of drug-likeness (QED) is 0.698. The topological polar surface area (TPSA) is 27.7 Å². The molecule has 0 atom stereocenters. The summed E-state index contributed by atoms with van der Waals surface area (Å²) in [5.74, 6) is 1.39. The van der Waals surface area contributed by atoms with Gasteiger partial charge in [-0.15, -0.1) is 0 Å². The van der Waals surface area contributed by atoms with Gasteiger partial charge in [0, 0.05) is 11.8 Å². The Morgan fingerprint density at radius 1 is 0.857 bits per heavy atom. The molecule has 0 N–H and O–H groups in total. The van der Waals surface area contributed by atoms with Crippen molar-refractivity contribution in [1.29, 1.82) is 0 Å². The van der Waals surface area contributed by atoms with Gasteiger partial charge in [0.1, 0.15) is 11.5 Å². The molecular weight excluding hydrogens is 303 g/mol. The number of hydrogen-bond acceptors (Lipinski definition) is 4. The lowest BCUT2D eigenvalue weighted by Crippen LogP contribution is -2.06. The van der Waals surface area contributed by atoms with Gasteiger partial charge in [0.25, 0.3) is 0 Å². The van der Waals surface area contributed by atoms with Crippen molar-refractivity contribution in [2.24, 2.45) is 0 Å². The highest BCUT2D eigenvalue weighted by Gasteiger charge is 2.25. The molecule has 0 spiro atoms. The Labute approximate surface area is 131 Å². The van der Waals surface area contributed by atoms with E-state index >= 15 is 0 Å². The van der Waals surface area contributed by atoms with Gasteiger partial charge in [0.05, 0.1) is 6.61 Å². The van der Waals surface area contributed by atoms with Crippen molar-refractivity contribution in [1.82, 2.24) is 0 Å². The van der Waals surface area contributed by atoms with Crippen molar-refractivity contribution in [2.75, 3.05) is 6.61 Å². The van der Waals surface area contributed by atoms with Crippen LogP contribution in [0.15, 0.2) is 48.5 Å². The zero-order valence-electron chi connectivity index (χ0n) is 12.4. The molecule has 0 fully saturated rings. The maximum atomic E-state index is 5.91. The minimum Gasteiger partial charge on any atom is -0.415 e. The summed E-state index contributed by atoms with van der Waals surface area (Å²) in [5.41, 5.74) is 2.00. The molecule has 2 aromatic rings. The maximum absolute atomic E-state index is 5.91. The molecule has 5 heteroatoms. The van der Waals surface area contributed by atoms with E-state index in [0.717, 1.165) is 11.1 Å². The van der Waals surface area contributed by atoms with Crippen LogP contribution in [-0.2, 0) is 16.3 Å². The van der Waals surface area contributed by atoms with E-state index < -0.39 is 6.72 Å². The summed E-state index contributed by atoms with van der Waals surface area (Å²) in [7, 11) is 0. The Hall–Kier alpha value is -1.35. The first kappa shape index (κ1) is 16.0. The summed E-state index contributed by atoms with van der Waals surface area (Å²) < 4.78 is 17.5. The third-order valence-corrected chi connectivity index (χ3v) is 5.07. The largest absolute Gasteiger partial charge is 0.434 e. The number of aryl methyl sites for hydroxylation is 2. The molecule has 0 saturated carbocycles. The lowest BCUT2D eigenvalue weighted by molar-refractivity contribution is 0.276. The van der Waals surface area contributed by atoms with Crippen LogP contribution in [-0.4, -0.2) is 6.61 Å². The molecule has 0 saturated heterocycles. The molecular formula is C16H19O3PS. The Morgan fingerprint density at radius 2 is 1.29 bits per heavy atom. The lowest BCUT2D eigenvalue weighted by atomic mass is 10.2. The van der Waals surface area contributed by atoms with Crippen molar-refractivity contribution in [3.05, 3.63) is 59.7 Å². The van der Waals surface area contributed by atoms with Gasteiger partial charge >= 0.3 is 6.72 Å². The van der Waals surface area contributed by atoms with E-state index in [1.165, 1.54) is 0 Å². The van der Waals surface area contributed by atoms with Crippen LogP contribution >= 0.6 is 6.72 Å². The van der Waals surface area contributed by atoms with E-state index in [-0.39, 0.29) is 0 Å². The predicted molar refractivity (Wildman–Crippen MR) is 89.5 cm³/mol. The molecule has 0 unspecified atom stereocenters. The summed E-state index contributed by atoms with van der Waals surface area (Å²) >= 11 is 5.53. The van der Waals surface area contributed by atoms with Gasteiger partial charge in [-0.05, 0) is 44.0 Å². The van der Waals surface area contributed by atoms with Crippen molar-refractivity contribution in [2.45, 2.75) is 20.8 Å². The molecule has 112 valence electrons. The Balaban J connectivity index is 2.27. The Bertz CT molecular complexity index is 606. The summed E-state index contributed by atoms with van der Waals surface area (Å²) in [6.45, 7) is 3.37. The minimum atomic E-state index is -2.88. The summed E-state index contributed by atoms with van der Waals surface area (Å²) in [6, 6.07) is 15.4. The molecule has 3 nitrogen and oxygen atoms in total. The highest BCUT2D eigenvalue weighted by molar-refractivity contribution is 8.07. The fraction of sp³-hybridized carbons (Fsp3) is 0.250. The van der Waals surface area contributed by atoms with Crippen LogP contribution in [0.25, 0.3) is 0 Å². The summed E-state index contributed by atoms with van der Waals surface area (Å²) in [5, 5.41) is 0. The molecule has 0 aliphatic carbocycles. The van der Waals surface area contributed by atoms with E-state index in [1.807, 2.05) is 69.3 Å². The first-order valence-electron chi connectivity index (χ1n) is 6.79. The SMILES string of the molecule is CCOP(=S)(Oc1ccccc1C)Oc1ccccc1C. The molecule has 0 aromatic heterocycles. The van der Waals surface area contributed by atoms with Crippen LogP contribution in [0.4, 0.5) is 0 Å². The molecule has 0 aliphatic rings. The van der Waals surface area contributed by atoms with Crippen molar-refractivity contribution in [3.63, 3.8) is 0 Å². The monoisotopic (exact) mass is 322 g/mol. The van der Waals surface area contributed by atoms with Crippen LogP contribution in [0.5, 0.6) is 11.5 Å². The molecule has 0 aliphatic heterocycles. The zero-order chi connectivity index (χ0) is 15.3. The first-order chi connectivity index (χ1) is 10.0. The van der Waals surface area contributed by atoms with Crippen LogP contribution in [0.2, 0.25) is 0 Å². The second kappa shape index (κ2) is 7.08. The average Bonchev–Trinajstić information content (AvgIpc) is 2.44. The number of para-hydroxylation sites is 2. The van der Waals surface area contributed by atoms with E-state index in [2.05, 4.69) is 0 Å². The van der Waals surface area contributed by atoms with Gasteiger partial charge in [-0.2, -0.15) is 0 Å². The molecule has 0 amide bonds. The van der Waals surface area contributed by atoms with Gasteiger partial charge in [0.2, 0.25) is 0 Å². The smallest absolute Gasteiger partial charge is 0.415 e. The second-order valence-corrected chi connectivity index (χ2v) is 7.44. The van der Waals surface area contributed by atoms with Gasteiger partial charge in [0.15, 0.2) is 0 Å². The molecule has 2 rings (SSSR count). The molecule has 21 heavy (non-hydrogen) atoms. The second-order valence-electron chi connectivity index (χ2n) is 4.58. The fourth-order valence-corrected chi connectivity index (χ4v) is 3.94. The normalized spacial score (nSPS) is 11.2. The summed E-state index contributed by atoms with van der Waals surface area (Å²) in [6.07, 6.45) is 0. The zero-order valence-corrected chi connectivity index (χ0v) is 14.1. The number of hydrogen-bond donors (Lipinski definition) is 0. The van der Waals surface area contributed by atoms with Crippen LogP contribution < -0.4 is 9.05 Å². The third-order valence-electron chi connectivity index (χ3n) is 2.89. The molecule has 0 radical (unpaired) electrons. The van der Waals surface area contributed by atoms with E-state index in [1.54, 1.807) is 0 Å². The summed E-state index contributed by atoms with van der Waals surface area (Å²) in [4.78, 5) is 0. The van der Waals surface area contributed by atoms with E-state index in [0.29, 0.717) is 18.1 Å². The molecule has 2 aromatic carbocycles. The third kappa shape index (κ3) is 4.31. The Morgan fingerprint density at radius 3 is 1.67 bits per heavy atom. The first-order valence-corrected chi connectivity index (χ1v) is 9.35. The van der Waals surface area contributed by atoms with Crippen LogP contribution in [0, 0.1) is 13.8 Å².